The van der Waals surface area contributed by atoms with Crippen LogP contribution in [0.1, 0.15) is 24.1 Å². The lowest BCUT2D eigenvalue weighted by Gasteiger charge is -2.19. The van der Waals surface area contributed by atoms with Crippen molar-refractivity contribution in [2.45, 2.75) is 13.0 Å². The van der Waals surface area contributed by atoms with Crippen LogP contribution < -0.4 is 5.32 Å². The molecule has 3 aromatic rings. The molecule has 0 aliphatic rings. The molecule has 1 unspecified atom stereocenters. The van der Waals surface area contributed by atoms with Crippen LogP contribution in [0.4, 0.5) is 8.78 Å². The molecule has 2 aromatic heterocycles. The van der Waals surface area contributed by atoms with Gasteiger partial charge in [-0.3, -0.25) is 4.98 Å². The molecule has 0 saturated carbocycles. The molecule has 0 amide bonds. The fourth-order valence-corrected chi connectivity index (χ4v) is 3.13. The van der Waals surface area contributed by atoms with Crippen molar-refractivity contribution in [1.82, 2.24) is 10.3 Å². The smallest absolute Gasteiger partial charge is 0.159 e. The Hall–Kier alpha value is -1.85. The second-order valence-electron chi connectivity index (χ2n) is 4.74. The minimum Gasteiger partial charge on any atom is -0.306 e. The van der Waals surface area contributed by atoms with E-state index < -0.39 is 11.6 Å². The van der Waals surface area contributed by atoms with Gasteiger partial charge in [0.1, 0.15) is 0 Å². The number of rotatable bonds is 4. The first-order valence-corrected chi connectivity index (χ1v) is 7.58. The Bertz CT molecular complexity index is 770. The molecule has 0 aliphatic carbocycles. The number of pyridine rings is 1. The van der Waals surface area contributed by atoms with Crippen LogP contribution in [0.25, 0.3) is 10.2 Å². The van der Waals surface area contributed by atoms with Crippen molar-refractivity contribution < 1.29 is 8.78 Å². The molecule has 1 N–H and O–H groups in total. The molecule has 0 saturated heterocycles. The van der Waals surface area contributed by atoms with Gasteiger partial charge in [0.25, 0.3) is 0 Å². The second kappa shape index (κ2) is 5.87. The van der Waals surface area contributed by atoms with Crippen LogP contribution >= 0.6 is 11.3 Å². The molecule has 1 aromatic carbocycles. The van der Waals surface area contributed by atoms with Gasteiger partial charge in [-0.05, 0) is 47.3 Å². The van der Waals surface area contributed by atoms with E-state index in [1.807, 2.05) is 24.4 Å². The van der Waals surface area contributed by atoms with Crippen LogP contribution in [0.2, 0.25) is 0 Å². The van der Waals surface area contributed by atoms with Gasteiger partial charge in [0.15, 0.2) is 11.6 Å². The van der Waals surface area contributed by atoms with Gasteiger partial charge >= 0.3 is 0 Å². The Labute approximate surface area is 125 Å². The average molecular weight is 304 g/mol. The van der Waals surface area contributed by atoms with Crippen molar-refractivity contribution in [1.29, 1.82) is 0 Å². The molecule has 0 aliphatic heterocycles. The van der Waals surface area contributed by atoms with Crippen molar-refractivity contribution in [3.63, 3.8) is 0 Å². The maximum absolute atomic E-state index is 13.5. The van der Waals surface area contributed by atoms with Crippen molar-refractivity contribution >= 4 is 21.6 Å². The van der Waals surface area contributed by atoms with E-state index >= 15 is 0 Å². The van der Waals surface area contributed by atoms with E-state index in [1.54, 1.807) is 23.6 Å². The van der Waals surface area contributed by atoms with Crippen LogP contribution in [0.5, 0.6) is 0 Å². The van der Waals surface area contributed by atoms with Crippen molar-refractivity contribution in [3.05, 3.63) is 64.7 Å². The van der Waals surface area contributed by atoms with Crippen LogP contribution in [0, 0.1) is 11.6 Å². The van der Waals surface area contributed by atoms with E-state index in [0.717, 1.165) is 21.8 Å². The minimum atomic E-state index is -0.833. The summed E-state index contributed by atoms with van der Waals surface area (Å²) in [5.41, 5.74) is 2.58. The summed E-state index contributed by atoms with van der Waals surface area (Å²) in [4.78, 5) is 4.41. The standard InChI is InChI=1S/C16H14F2N2S/c1-2-19-16(10-3-4-12(17)13(18)7-10)11-8-15-14(20-9-11)5-6-21-15/h3-9,16,19H,2H2,1H3. The number of halogens is 2. The van der Waals surface area contributed by atoms with Crippen LogP contribution in [0.3, 0.4) is 0 Å². The van der Waals surface area contributed by atoms with Gasteiger partial charge in [-0.1, -0.05) is 13.0 Å². The molecule has 21 heavy (non-hydrogen) atoms. The third-order valence-electron chi connectivity index (χ3n) is 3.34. The zero-order valence-electron chi connectivity index (χ0n) is 11.4. The number of hydrogen-bond acceptors (Lipinski definition) is 3. The van der Waals surface area contributed by atoms with Crippen LogP contribution in [0.15, 0.2) is 41.9 Å². The van der Waals surface area contributed by atoms with Gasteiger partial charge in [0, 0.05) is 6.20 Å². The summed E-state index contributed by atoms with van der Waals surface area (Å²) >= 11 is 1.61. The second-order valence-corrected chi connectivity index (χ2v) is 5.68. The predicted octanol–water partition coefficient (Wildman–Crippen LogP) is 4.27. The number of thiophene rings is 1. The zero-order valence-corrected chi connectivity index (χ0v) is 12.3. The highest BCUT2D eigenvalue weighted by molar-refractivity contribution is 7.17. The molecule has 1 atom stereocenters. The fourth-order valence-electron chi connectivity index (χ4n) is 2.34. The minimum absolute atomic E-state index is 0.205. The molecular weight excluding hydrogens is 290 g/mol. The van der Waals surface area contributed by atoms with Crippen LogP contribution in [-0.4, -0.2) is 11.5 Å². The summed E-state index contributed by atoms with van der Waals surface area (Å²) in [7, 11) is 0. The third-order valence-corrected chi connectivity index (χ3v) is 4.20. The van der Waals surface area contributed by atoms with Gasteiger partial charge < -0.3 is 5.32 Å². The quantitative estimate of drug-likeness (QED) is 0.778. The normalized spacial score (nSPS) is 12.7. The van der Waals surface area contributed by atoms with E-state index in [2.05, 4.69) is 10.3 Å². The number of nitrogens with one attached hydrogen (secondary N) is 1. The monoisotopic (exact) mass is 304 g/mol. The predicted molar refractivity (Wildman–Crippen MR) is 81.5 cm³/mol. The molecule has 2 nitrogen and oxygen atoms in total. The Kier molecular flexibility index (Phi) is 3.94. The van der Waals surface area contributed by atoms with Gasteiger partial charge in [0.2, 0.25) is 0 Å². The first-order valence-electron chi connectivity index (χ1n) is 6.70. The number of benzene rings is 1. The Morgan fingerprint density at radius 3 is 2.76 bits per heavy atom. The SMILES string of the molecule is CCNC(c1ccc(F)c(F)c1)c1cnc2ccsc2c1. The number of nitrogens with zero attached hydrogens (tertiary/aromatic N) is 1. The molecule has 2 heterocycles. The number of fused-ring (bicyclic) bond motifs is 1. The summed E-state index contributed by atoms with van der Waals surface area (Å²) in [6.45, 7) is 2.69. The van der Waals surface area contributed by atoms with Crippen molar-refractivity contribution in [3.8, 4) is 0 Å². The molecule has 0 radical (unpaired) electrons. The summed E-state index contributed by atoms with van der Waals surface area (Å²) in [6.07, 6.45) is 1.78. The van der Waals surface area contributed by atoms with Gasteiger partial charge in [0.05, 0.1) is 16.3 Å². The maximum atomic E-state index is 13.5. The Morgan fingerprint density at radius 2 is 2.00 bits per heavy atom. The molecule has 0 bridgehead atoms. The highest BCUT2D eigenvalue weighted by Crippen LogP contribution is 2.27. The van der Waals surface area contributed by atoms with Gasteiger partial charge in [-0.15, -0.1) is 11.3 Å². The maximum Gasteiger partial charge on any atom is 0.159 e. The van der Waals surface area contributed by atoms with Crippen molar-refractivity contribution in [2.75, 3.05) is 6.54 Å². The first kappa shape index (κ1) is 14.1. The molecular formula is C16H14F2N2S. The average Bonchev–Trinajstić information content (AvgIpc) is 2.95. The zero-order chi connectivity index (χ0) is 14.8. The number of hydrogen-bond donors (Lipinski definition) is 1. The van der Waals surface area contributed by atoms with E-state index in [4.69, 9.17) is 0 Å². The molecule has 0 fully saturated rings. The lowest BCUT2D eigenvalue weighted by molar-refractivity contribution is 0.504. The number of aromatic nitrogens is 1. The summed E-state index contributed by atoms with van der Waals surface area (Å²) in [5.74, 6) is -1.67. The first-order chi connectivity index (χ1) is 10.2. The summed E-state index contributed by atoms with van der Waals surface area (Å²) in [5, 5.41) is 5.28. The summed E-state index contributed by atoms with van der Waals surface area (Å²) < 4.78 is 27.7. The molecule has 0 spiro atoms. The van der Waals surface area contributed by atoms with Gasteiger partial charge in [-0.2, -0.15) is 0 Å². The highest BCUT2D eigenvalue weighted by Gasteiger charge is 2.16. The van der Waals surface area contributed by atoms with Crippen molar-refractivity contribution in [2.24, 2.45) is 0 Å². The molecule has 3 rings (SSSR count). The lowest BCUT2D eigenvalue weighted by Crippen LogP contribution is -2.22. The van der Waals surface area contributed by atoms with E-state index in [-0.39, 0.29) is 6.04 Å². The largest absolute Gasteiger partial charge is 0.306 e. The van der Waals surface area contributed by atoms with Crippen LogP contribution in [-0.2, 0) is 0 Å². The van der Waals surface area contributed by atoms with E-state index in [9.17, 15) is 8.78 Å². The molecule has 108 valence electrons. The van der Waals surface area contributed by atoms with E-state index in [0.29, 0.717) is 12.1 Å². The van der Waals surface area contributed by atoms with Gasteiger partial charge in [-0.25, -0.2) is 8.78 Å². The van der Waals surface area contributed by atoms with E-state index in [1.165, 1.54) is 6.07 Å². The third kappa shape index (κ3) is 2.80. The topological polar surface area (TPSA) is 24.9 Å². The molecule has 5 heteroatoms. The summed E-state index contributed by atoms with van der Waals surface area (Å²) in [6, 6.07) is 7.80. The highest BCUT2D eigenvalue weighted by atomic mass is 32.1. The Balaban J connectivity index is 2.05. The lowest BCUT2D eigenvalue weighted by atomic mass is 9.99. The fraction of sp³-hybridized carbons (Fsp3) is 0.188. The Morgan fingerprint density at radius 1 is 1.14 bits per heavy atom.